The minimum absolute atomic E-state index is 0.0452. The van der Waals surface area contributed by atoms with E-state index in [1.54, 1.807) is 23.5 Å². The predicted octanol–water partition coefficient (Wildman–Crippen LogP) is 2.42. The maximum absolute atomic E-state index is 13.4. The molecule has 0 radical (unpaired) electrons. The van der Waals surface area contributed by atoms with Gasteiger partial charge in [0.15, 0.2) is 0 Å². The number of benzene rings is 1. The van der Waals surface area contributed by atoms with Gasteiger partial charge in [-0.3, -0.25) is 0 Å². The number of hydrogen-bond donors (Lipinski definition) is 3. The molecule has 2 amide bonds. The highest BCUT2D eigenvalue weighted by Gasteiger charge is 2.13. The largest absolute Gasteiger partial charge is 0.386 e. The molecule has 0 fully saturated rings. The molecule has 0 saturated carbocycles. The van der Waals surface area contributed by atoms with Crippen molar-refractivity contribution in [3.63, 3.8) is 0 Å². The lowest BCUT2D eigenvalue weighted by molar-refractivity contribution is 0.169. The Morgan fingerprint density at radius 3 is 2.80 bits per heavy atom. The first kappa shape index (κ1) is 14.5. The third kappa shape index (κ3) is 4.04. The molecule has 0 aliphatic heterocycles. The smallest absolute Gasteiger partial charge is 0.315 e. The Morgan fingerprint density at radius 1 is 1.30 bits per heavy atom. The minimum Gasteiger partial charge on any atom is -0.386 e. The third-order valence-electron chi connectivity index (χ3n) is 2.75. The van der Waals surface area contributed by atoms with Crippen LogP contribution in [0.2, 0.25) is 0 Å². The van der Waals surface area contributed by atoms with Gasteiger partial charge in [0.1, 0.15) is 5.82 Å². The number of carbonyl (C=O) groups excluding carboxylic acids is 1. The van der Waals surface area contributed by atoms with Crippen LogP contribution in [0.3, 0.4) is 0 Å². The van der Waals surface area contributed by atoms with E-state index in [1.807, 2.05) is 16.8 Å². The Kier molecular flexibility index (Phi) is 5.09. The van der Waals surface area contributed by atoms with E-state index in [4.69, 9.17) is 0 Å². The number of aliphatic hydroxyl groups excluding tert-OH is 1. The lowest BCUT2D eigenvalue weighted by Gasteiger charge is -2.13. The first-order chi connectivity index (χ1) is 9.66. The van der Waals surface area contributed by atoms with Gasteiger partial charge in [0.25, 0.3) is 0 Å². The molecule has 6 heteroatoms. The summed E-state index contributed by atoms with van der Waals surface area (Å²) in [7, 11) is 0. The first-order valence-electron chi connectivity index (χ1n) is 6.12. The molecule has 4 nitrogen and oxygen atoms in total. The summed E-state index contributed by atoms with van der Waals surface area (Å²) in [4.78, 5) is 11.5. The minimum atomic E-state index is -1.07. The molecule has 106 valence electrons. The quantitative estimate of drug-likeness (QED) is 0.793. The van der Waals surface area contributed by atoms with Gasteiger partial charge in [0, 0.05) is 18.7 Å². The number of hydrogen-bond acceptors (Lipinski definition) is 3. The molecule has 1 aromatic heterocycles. The van der Waals surface area contributed by atoms with E-state index in [0.29, 0.717) is 6.54 Å². The number of aliphatic hydroxyl groups is 1. The summed E-state index contributed by atoms with van der Waals surface area (Å²) >= 11 is 1.56. The molecular formula is C14H15FN2O2S. The van der Waals surface area contributed by atoms with E-state index < -0.39 is 18.0 Å². The number of amides is 2. The highest BCUT2D eigenvalue weighted by molar-refractivity contribution is 7.07. The molecule has 0 spiro atoms. The van der Waals surface area contributed by atoms with Crippen LogP contribution >= 0.6 is 11.3 Å². The molecular weight excluding hydrogens is 279 g/mol. The Bertz CT molecular complexity index is 560. The van der Waals surface area contributed by atoms with Crippen molar-refractivity contribution >= 4 is 17.4 Å². The number of nitrogens with one attached hydrogen (secondary N) is 2. The van der Waals surface area contributed by atoms with Crippen molar-refractivity contribution in [2.24, 2.45) is 0 Å². The summed E-state index contributed by atoms with van der Waals surface area (Å²) in [6.07, 6.45) is -1.07. The Labute approximate surface area is 120 Å². The zero-order valence-corrected chi connectivity index (χ0v) is 11.5. The highest BCUT2D eigenvalue weighted by atomic mass is 32.1. The Morgan fingerprint density at radius 2 is 2.10 bits per heavy atom. The summed E-state index contributed by atoms with van der Waals surface area (Å²) in [6, 6.07) is 7.47. The molecule has 1 unspecified atom stereocenters. The van der Waals surface area contributed by atoms with Crippen LogP contribution in [0.4, 0.5) is 9.18 Å². The van der Waals surface area contributed by atoms with Gasteiger partial charge in [0.05, 0.1) is 6.10 Å². The van der Waals surface area contributed by atoms with Gasteiger partial charge < -0.3 is 15.7 Å². The molecule has 1 aromatic carbocycles. The summed E-state index contributed by atoms with van der Waals surface area (Å²) < 4.78 is 13.4. The SMILES string of the molecule is O=C(NCc1ccsc1)NCC(O)c1ccccc1F. The molecule has 1 heterocycles. The summed E-state index contributed by atoms with van der Waals surface area (Å²) in [5.74, 6) is -0.486. The van der Waals surface area contributed by atoms with Crippen LogP contribution < -0.4 is 10.6 Å². The fraction of sp³-hybridized carbons (Fsp3) is 0.214. The average molecular weight is 294 g/mol. The predicted molar refractivity (Wildman–Crippen MR) is 75.9 cm³/mol. The fourth-order valence-corrected chi connectivity index (χ4v) is 2.35. The van der Waals surface area contributed by atoms with Crippen molar-refractivity contribution in [2.45, 2.75) is 12.6 Å². The van der Waals surface area contributed by atoms with Gasteiger partial charge in [-0.25, -0.2) is 9.18 Å². The van der Waals surface area contributed by atoms with Crippen LogP contribution in [0.25, 0.3) is 0 Å². The molecule has 3 N–H and O–H groups in total. The standard InChI is InChI=1S/C14H15FN2O2S/c15-12-4-2-1-3-11(12)13(18)8-17-14(19)16-7-10-5-6-20-9-10/h1-6,9,13,18H,7-8H2,(H2,16,17,19). The molecule has 2 aromatic rings. The van der Waals surface area contributed by atoms with Crippen LogP contribution in [0.1, 0.15) is 17.2 Å². The van der Waals surface area contributed by atoms with E-state index in [-0.39, 0.29) is 12.1 Å². The van der Waals surface area contributed by atoms with Crippen LogP contribution in [-0.4, -0.2) is 17.7 Å². The molecule has 0 bridgehead atoms. The van der Waals surface area contributed by atoms with Gasteiger partial charge in [-0.1, -0.05) is 18.2 Å². The average Bonchev–Trinajstić information content (AvgIpc) is 2.96. The number of urea groups is 1. The van der Waals surface area contributed by atoms with Gasteiger partial charge in [-0.05, 0) is 28.5 Å². The van der Waals surface area contributed by atoms with Crippen LogP contribution in [0.15, 0.2) is 41.1 Å². The van der Waals surface area contributed by atoms with Crippen LogP contribution in [0, 0.1) is 5.82 Å². The Balaban J connectivity index is 1.77. The number of thiophene rings is 1. The van der Waals surface area contributed by atoms with Gasteiger partial charge in [0.2, 0.25) is 0 Å². The lowest BCUT2D eigenvalue weighted by atomic mass is 10.1. The van der Waals surface area contributed by atoms with Gasteiger partial charge in [-0.2, -0.15) is 11.3 Å². The number of halogens is 1. The molecule has 2 rings (SSSR count). The zero-order valence-electron chi connectivity index (χ0n) is 10.7. The van der Waals surface area contributed by atoms with E-state index in [2.05, 4.69) is 10.6 Å². The van der Waals surface area contributed by atoms with Gasteiger partial charge in [-0.15, -0.1) is 0 Å². The van der Waals surface area contributed by atoms with Gasteiger partial charge >= 0.3 is 6.03 Å². The molecule has 1 atom stereocenters. The summed E-state index contributed by atoms with van der Waals surface area (Å²) in [5.41, 5.74) is 1.19. The summed E-state index contributed by atoms with van der Waals surface area (Å²) in [6.45, 7) is 0.377. The molecule has 0 aliphatic carbocycles. The van der Waals surface area contributed by atoms with Crippen molar-refractivity contribution in [3.05, 3.63) is 58.0 Å². The number of rotatable bonds is 5. The van der Waals surface area contributed by atoms with Crippen molar-refractivity contribution in [3.8, 4) is 0 Å². The van der Waals surface area contributed by atoms with Crippen molar-refractivity contribution in [2.75, 3.05) is 6.54 Å². The van der Waals surface area contributed by atoms with E-state index >= 15 is 0 Å². The van der Waals surface area contributed by atoms with Crippen molar-refractivity contribution in [1.82, 2.24) is 10.6 Å². The fourth-order valence-electron chi connectivity index (χ4n) is 1.68. The maximum Gasteiger partial charge on any atom is 0.315 e. The molecule has 0 saturated heterocycles. The first-order valence-corrected chi connectivity index (χ1v) is 7.06. The maximum atomic E-state index is 13.4. The van der Waals surface area contributed by atoms with E-state index in [9.17, 15) is 14.3 Å². The molecule has 0 aliphatic rings. The second kappa shape index (κ2) is 7.02. The monoisotopic (exact) mass is 294 g/mol. The van der Waals surface area contributed by atoms with Crippen molar-refractivity contribution < 1.29 is 14.3 Å². The summed E-state index contributed by atoms with van der Waals surface area (Å²) in [5, 5.41) is 18.9. The van der Waals surface area contributed by atoms with Crippen LogP contribution in [-0.2, 0) is 6.54 Å². The third-order valence-corrected chi connectivity index (χ3v) is 3.49. The van der Waals surface area contributed by atoms with E-state index in [0.717, 1.165) is 5.56 Å². The second-order valence-corrected chi connectivity index (χ2v) is 5.01. The van der Waals surface area contributed by atoms with Crippen molar-refractivity contribution in [1.29, 1.82) is 0 Å². The van der Waals surface area contributed by atoms with E-state index in [1.165, 1.54) is 12.1 Å². The Hall–Kier alpha value is -1.92. The van der Waals surface area contributed by atoms with Crippen LogP contribution in [0.5, 0.6) is 0 Å². The normalized spacial score (nSPS) is 11.9. The molecule has 20 heavy (non-hydrogen) atoms. The highest BCUT2D eigenvalue weighted by Crippen LogP contribution is 2.15. The second-order valence-electron chi connectivity index (χ2n) is 4.23. The zero-order chi connectivity index (χ0) is 14.4. The lowest BCUT2D eigenvalue weighted by Crippen LogP contribution is -2.37. The topological polar surface area (TPSA) is 61.4 Å². The number of carbonyl (C=O) groups is 1.